The Bertz CT molecular complexity index is 639. The van der Waals surface area contributed by atoms with E-state index in [4.69, 9.17) is 9.47 Å². The van der Waals surface area contributed by atoms with Crippen molar-refractivity contribution in [2.24, 2.45) is 5.41 Å². The van der Waals surface area contributed by atoms with Crippen molar-refractivity contribution in [2.75, 3.05) is 6.61 Å². The van der Waals surface area contributed by atoms with Gasteiger partial charge in [-0.1, -0.05) is 52.4 Å². The normalized spacial score (nSPS) is 21.3. The van der Waals surface area contributed by atoms with Crippen LogP contribution in [0.1, 0.15) is 101 Å². The number of carbonyl (C=O) groups excluding carboxylic acids is 1. The molecule has 0 heterocycles. The summed E-state index contributed by atoms with van der Waals surface area (Å²) in [6, 6.07) is 9.77. The van der Waals surface area contributed by atoms with Crippen LogP contribution in [0.25, 0.3) is 0 Å². The summed E-state index contributed by atoms with van der Waals surface area (Å²) < 4.78 is 11.4. The Morgan fingerprint density at radius 3 is 2.31 bits per heavy atom. The number of carbonyl (C=O) groups is 1. The van der Waals surface area contributed by atoms with Gasteiger partial charge in [0.25, 0.3) is 0 Å². The Morgan fingerprint density at radius 1 is 1.03 bits per heavy atom. The average molecular weight is 400 g/mol. The van der Waals surface area contributed by atoms with E-state index in [0.717, 1.165) is 57.1 Å². The maximum atomic E-state index is 12.5. The summed E-state index contributed by atoms with van der Waals surface area (Å²) in [6.07, 6.45) is 12.4. The van der Waals surface area contributed by atoms with Gasteiger partial charge in [0.15, 0.2) is 0 Å². The molecule has 0 bridgehead atoms. The summed E-state index contributed by atoms with van der Waals surface area (Å²) in [4.78, 5) is 12.5. The fourth-order valence-electron chi connectivity index (χ4n) is 3.99. The highest BCUT2D eigenvalue weighted by molar-refractivity contribution is 5.89. The number of esters is 1. The van der Waals surface area contributed by atoms with E-state index in [0.29, 0.717) is 12.2 Å². The molecule has 1 saturated carbocycles. The Hall–Kier alpha value is -2.02. The first kappa shape index (κ1) is 23.3. The van der Waals surface area contributed by atoms with Gasteiger partial charge in [-0.05, 0) is 62.8 Å². The van der Waals surface area contributed by atoms with Gasteiger partial charge in [-0.15, -0.1) is 0 Å². The van der Waals surface area contributed by atoms with Gasteiger partial charge in [0.05, 0.1) is 23.7 Å². The van der Waals surface area contributed by atoms with Crippen molar-refractivity contribution in [1.29, 1.82) is 5.26 Å². The molecule has 0 radical (unpaired) electrons. The molecule has 1 aromatic rings. The summed E-state index contributed by atoms with van der Waals surface area (Å²) in [5, 5.41) is 9.72. The number of nitrogens with zero attached hydrogens (tertiary/aromatic N) is 1. The predicted molar refractivity (Wildman–Crippen MR) is 116 cm³/mol. The Kier molecular flexibility index (Phi) is 10.0. The average Bonchev–Trinajstić information content (AvgIpc) is 2.75. The van der Waals surface area contributed by atoms with Crippen LogP contribution in [0.2, 0.25) is 0 Å². The van der Waals surface area contributed by atoms with Crippen molar-refractivity contribution in [2.45, 2.75) is 97.0 Å². The van der Waals surface area contributed by atoms with E-state index in [9.17, 15) is 10.1 Å². The van der Waals surface area contributed by atoms with Gasteiger partial charge in [0, 0.05) is 0 Å². The molecule has 0 amide bonds. The fourth-order valence-corrected chi connectivity index (χ4v) is 3.99. The molecule has 0 aromatic heterocycles. The van der Waals surface area contributed by atoms with Gasteiger partial charge in [-0.2, -0.15) is 5.26 Å². The highest BCUT2D eigenvalue weighted by atomic mass is 16.5. The summed E-state index contributed by atoms with van der Waals surface area (Å²) in [7, 11) is 0. The van der Waals surface area contributed by atoms with E-state index in [2.05, 4.69) is 19.9 Å². The molecule has 0 aliphatic heterocycles. The molecular weight excluding hydrogens is 362 g/mol. The Labute approximate surface area is 176 Å². The SMILES string of the molecule is CCCCCCCC1(C#N)CCC(OC(=O)c2ccc(OCCCC)cc2)CC1. The predicted octanol–water partition coefficient (Wildman–Crippen LogP) is 6.84. The molecule has 1 aliphatic carbocycles. The lowest BCUT2D eigenvalue weighted by Crippen LogP contribution is -2.31. The minimum Gasteiger partial charge on any atom is -0.494 e. The zero-order chi connectivity index (χ0) is 21.0. The summed E-state index contributed by atoms with van der Waals surface area (Å²) in [5.74, 6) is 0.504. The molecule has 4 nitrogen and oxygen atoms in total. The van der Waals surface area contributed by atoms with E-state index >= 15 is 0 Å². The second-order valence-corrected chi connectivity index (χ2v) is 8.39. The minimum absolute atomic E-state index is 0.0791. The zero-order valence-electron chi connectivity index (χ0n) is 18.3. The summed E-state index contributed by atoms with van der Waals surface area (Å²) in [5.41, 5.74) is 0.341. The van der Waals surface area contributed by atoms with E-state index in [-0.39, 0.29) is 17.5 Å². The largest absolute Gasteiger partial charge is 0.494 e. The van der Waals surface area contributed by atoms with Gasteiger partial charge in [-0.3, -0.25) is 0 Å². The van der Waals surface area contributed by atoms with Crippen LogP contribution in [0.3, 0.4) is 0 Å². The first-order chi connectivity index (χ1) is 14.1. The van der Waals surface area contributed by atoms with Crippen LogP contribution in [0.15, 0.2) is 24.3 Å². The summed E-state index contributed by atoms with van der Waals surface area (Å²) in [6.45, 7) is 5.04. The fraction of sp³-hybridized carbons (Fsp3) is 0.680. The number of hydrogen-bond donors (Lipinski definition) is 0. The highest BCUT2D eigenvalue weighted by Gasteiger charge is 2.36. The third-order valence-electron chi connectivity index (χ3n) is 6.02. The quantitative estimate of drug-likeness (QED) is 0.285. The molecule has 29 heavy (non-hydrogen) atoms. The van der Waals surface area contributed by atoms with E-state index in [1.54, 1.807) is 12.1 Å². The molecule has 2 rings (SSSR count). The number of ether oxygens (including phenoxy) is 2. The monoisotopic (exact) mass is 399 g/mol. The first-order valence-corrected chi connectivity index (χ1v) is 11.5. The van der Waals surface area contributed by atoms with Crippen LogP contribution in [-0.2, 0) is 4.74 Å². The molecule has 0 atom stereocenters. The molecule has 4 heteroatoms. The Balaban J connectivity index is 1.76. The van der Waals surface area contributed by atoms with Crippen molar-refractivity contribution >= 4 is 5.97 Å². The molecule has 1 aromatic carbocycles. The number of rotatable bonds is 12. The van der Waals surface area contributed by atoms with Gasteiger partial charge in [0.1, 0.15) is 11.9 Å². The van der Waals surface area contributed by atoms with Crippen LogP contribution in [0.4, 0.5) is 0 Å². The lowest BCUT2D eigenvalue weighted by atomic mass is 9.71. The van der Waals surface area contributed by atoms with Crippen LogP contribution in [0, 0.1) is 16.7 Å². The van der Waals surface area contributed by atoms with Crippen molar-refractivity contribution in [3.63, 3.8) is 0 Å². The maximum absolute atomic E-state index is 12.5. The molecule has 0 spiro atoms. The van der Waals surface area contributed by atoms with Crippen LogP contribution >= 0.6 is 0 Å². The van der Waals surface area contributed by atoms with E-state index in [1.807, 2.05) is 12.1 Å². The molecule has 1 aliphatic rings. The second kappa shape index (κ2) is 12.5. The van der Waals surface area contributed by atoms with Crippen molar-refractivity contribution < 1.29 is 14.3 Å². The second-order valence-electron chi connectivity index (χ2n) is 8.39. The van der Waals surface area contributed by atoms with Crippen LogP contribution in [-0.4, -0.2) is 18.7 Å². The molecule has 1 fully saturated rings. The van der Waals surface area contributed by atoms with Crippen molar-refractivity contribution in [3.05, 3.63) is 29.8 Å². The molecule has 160 valence electrons. The third kappa shape index (κ3) is 7.72. The van der Waals surface area contributed by atoms with E-state index in [1.165, 1.54) is 25.7 Å². The standard InChI is InChI=1S/C25H37NO3/c1-3-5-7-8-9-16-25(20-26)17-14-23(15-18-25)29-24(27)21-10-12-22(13-11-21)28-19-6-4-2/h10-13,23H,3-9,14-19H2,1-2H3. The van der Waals surface area contributed by atoms with Gasteiger partial charge in [-0.25, -0.2) is 4.79 Å². The number of nitriles is 1. The van der Waals surface area contributed by atoms with Crippen LogP contribution in [0.5, 0.6) is 5.75 Å². The van der Waals surface area contributed by atoms with Gasteiger partial charge < -0.3 is 9.47 Å². The smallest absolute Gasteiger partial charge is 0.338 e. The third-order valence-corrected chi connectivity index (χ3v) is 6.02. The lowest BCUT2D eigenvalue weighted by molar-refractivity contribution is 0.0105. The topological polar surface area (TPSA) is 59.3 Å². The molecule has 0 N–H and O–H groups in total. The number of benzene rings is 1. The van der Waals surface area contributed by atoms with Crippen molar-refractivity contribution in [3.8, 4) is 11.8 Å². The minimum atomic E-state index is -0.279. The maximum Gasteiger partial charge on any atom is 0.338 e. The highest BCUT2D eigenvalue weighted by Crippen LogP contribution is 2.41. The molecular formula is C25H37NO3. The van der Waals surface area contributed by atoms with Crippen LogP contribution < -0.4 is 4.74 Å². The van der Waals surface area contributed by atoms with Crippen molar-refractivity contribution in [1.82, 2.24) is 0 Å². The Morgan fingerprint density at radius 2 is 1.69 bits per heavy atom. The first-order valence-electron chi connectivity index (χ1n) is 11.5. The van der Waals surface area contributed by atoms with Gasteiger partial charge in [0.2, 0.25) is 0 Å². The summed E-state index contributed by atoms with van der Waals surface area (Å²) >= 11 is 0. The number of unbranched alkanes of at least 4 members (excludes halogenated alkanes) is 5. The number of hydrogen-bond acceptors (Lipinski definition) is 4. The lowest BCUT2D eigenvalue weighted by Gasteiger charge is -2.34. The molecule has 0 unspecified atom stereocenters. The zero-order valence-corrected chi connectivity index (χ0v) is 18.3. The van der Waals surface area contributed by atoms with E-state index < -0.39 is 0 Å². The van der Waals surface area contributed by atoms with Gasteiger partial charge >= 0.3 is 5.97 Å². The molecule has 0 saturated heterocycles.